The minimum Gasteiger partial charge on any atom is -0.423 e. The first-order chi connectivity index (χ1) is 13.4. The van der Waals surface area contributed by atoms with Gasteiger partial charge in [-0.05, 0) is 66.2 Å². The van der Waals surface area contributed by atoms with Gasteiger partial charge in [0.15, 0.2) is 0 Å². The van der Waals surface area contributed by atoms with Gasteiger partial charge in [-0.25, -0.2) is 18.4 Å². The number of pyridine rings is 1. The van der Waals surface area contributed by atoms with Gasteiger partial charge in [-0.3, -0.25) is 10.4 Å². The molecule has 0 radical (unpaired) electrons. The van der Waals surface area contributed by atoms with E-state index in [0.717, 1.165) is 5.56 Å². The number of hydrogen-bond acceptors (Lipinski definition) is 7. The average Bonchev–Trinajstić information content (AvgIpc) is 2.70. The molecule has 0 fully saturated rings. The molecule has 1 heterocycles. The first-order valence-electron chi connectivity index (χ1n) is 8.06. The fourth-order valence-electron chi connectivity index (χ4n) is 2.17. The van der Waals surface area contributed by atoms with Crippen LogP contribution in [-0.4, -0.2) is 25.6 Å². The lowest BCUT2D eigenvalue weighted by Gasteiger charge is -2.04. The number of nitrogens with one attached hydrogen (secondary N) is 1. The third-order valence-electron chi connectivity index (χ3n) is 3.58. The van der Waals surface area contributed by atoms with Crippen molar-refractivity contribution in [2.75, 3.05) is 5.43 Å². The second-order valence-corrected chi connectivity index (χ2v) is 7.20. The topological polar surface area (TPSA) is 124 Å². The zero-order valence-corrected chi connectivity index (χ0v) is 15.3. The zero-order valence-electron chi connectivity index (χ0n) is 14.5. The van der Waals surface area contributed by atoms with Crippen LogP contribution < -0.4 is 15.3 Å². The van der Waals surface area contributed by atoms with Gasteiger partial charge in [0.1, 0.15) is 5.75 Å². The molecule has 3 rings (SSSR count). The maximum atomic E-state index is 12.0. The number of carbonyl (C=O) groups excluding carboxylic acids is 1. The predicted octanol–water partition coefficient (Wildman–Crippen LogP) is 2.39. The van der Waals surface area contributed by atoms with Crippen molar-refractivity contribution in [3.63, 3.8) is 0 Å². The fraction of sp³-hybridized carbons (Fsp3) is 0. The number of benzene rings is 2. The molecule has 0 aliphatic rings. The molecule has 0 aliphatic heterocycles. The SMILES string of the molecule is NS(=O)(=O)c1ccc(N/N=C\c2ccc(OC(=O)c3cccnc3)cc2)cc1. The highest BCUT2D eigenvalue weighted by atomic mass is 32.2. The maximum Gasteiger partial charge on any atom is 0.345 e. The maximum absolute atomic E-state index is 12.0. The van der Waals surface area contributed by atoms with Gasteiger partial charge in [0.05, 0.1) is 22.4 Å². The Morgan fingerprint density at radius 1 is 1.07 bits per heavy atom. The molecular formula is C19H16N4O4S. The van der Waals surface area contributed by atoms with Gasteiger partial charge in [-0.15, -0.1) is 0 Å². The fourth-order valence-corrected chi connectivity index (χ4v) is 2.69. The lowest BCUT2D eigenvalue weighted by molar-refractivity contribution is 0.0734. The van der Waals surface area contributed by atoms with E-state index in [1.807, 2.05) is 0 Å². The number of nitrogens with two attached hydrogens (primary N) is 1. The second kappa shape index (κ2) is 8.42. The molecule has 142 valence electrons. The van der Waals surface area contributed by atoms with Crippen LogP contribution in [-0.2, 0) is 10.0 Å². The lowest BCUT2D eigenvalue weighted by Crippen LogP contribution is -2.11. The Kier molecular flexibility index (Phi) is 5.78. The van der Waals surface area contributed by atoms with Crippen molar-refractivity contribution in [1.82, 2.24) is 4.98 Å². The highest BCUT2D eigenvalue weighted by Gasteiger charge is 2.08. The number of hydrazone groups is 1. The van der Waals surface area contributed by atoms with Gasteiger partial charge in [0, 0.05) is 12.4 Å². The summed E-state index contributed by atoms with van der Waals surface area (Å²) in [5.41, 5.74) is 4.52. The van der Waals surface area contributed by atoms with Crippen LogP contribution in [0, 0.1) is 0 Å². The van der Waals surface area contributed by atoms with Crippen LogP contribution in [0.5, 0.6) is 5.75 Å². The molecule has 0 aliphatic carbocycles. The van der Waals surface area contributed by atoms with Crippen LogP contribution in [0.4, 0.5) is 5.69 Å². The van der Waals surface area contributed by atoms with E-state index >= 15 is 0 Å². The summed E-state index contributed by atoms with van der Waals surface area (Å²) in [7, 11) is -3.72. The van der Waals surface area contributed by atoms with Gasteiger partial charge in [-0.1, -0.05) is 0 Å². The first-order valence-corrected chi connectivity index (χ1v) is 9.61. The summed E-state index contributed by atoms with van der Waals surface area (Å²) in [6.45, 7) is 0. The Morgan fingerprint density at radius 2 is 1.79 bits per heavy atom. The number of nitrogens with zero attached hydrogens (tertiary/aromatic N) is 2. The quantitative estimate of drug-likeness (QED) is 0.285. The van der Waals surface area contributed by atoms with Gasteiger partial charge in [-0.2, -0.15) is 5.10 Å². The molecule has 9 heteroatoms. The molecule has 8 nitrogen and oxygen atoms in total. The van der Waals surface area contributed by atoms with Crippen LogP contribution in [0.2, 0.25) is 0 Å². The van der Waals surface area contributed by atoms with E-state index in [2.05, 4.69) is 15.5 Å². The van der Waals surface area contributed by atoms with Gasteiger partial charge in [0.25, 0.3) is 0 Å². The number of anilines is 1. The Labute approximate surface area is 161 Å². The number of aromatic nitrogens is 1. The van der Waals surface area contributed by atoms with Crippen LogP contribution in [0.3, 0.4) is 0 Å². The molecule has 3 N–H and O–H groups in total. The van der Waals surface area contributed by atoms with Gasteiger partial charge in [0.2, 0.25) is 10.0 Å². The summed E-state index contributed by atoms with van der Waals surface area (Å²) < 4.78 is 27.7. The highest BCUT2D eigenvalue weighted by molar-refractivity contribution is 7.89. The molecule has 0 unspecified atom stereocenters. The minimum absolute atomic E-state index is 0.0263. The van der Waals surface area contributed by atoms with Crippen LogP contribution in [0.15, 0.2) is 83.1 Å². The Hall–Kier alpha value is -3.56. The normalized spacial score (nSPS) is 11.3. The molecule has 2 aromatic carbocycles. The van der Waals surface area contributed by atoms with Crippen molar-refractivity contribution in [2.24, 2.45) is 10.2 Å². The van der Waals surface area contributed by atoms with Crippen LogP contribution in [0.1, 0.15) is 15.9 Å². The van der Waals surface area contributed by atoms with Crippen molar-refractivity contribution in [2.45, 2.75) is 4.90 Å². The van der Waals surface area contributed by atoms with Crippen molar-refractivity contribution >= 4 is 27.9 Å². The van der Waals surface area contributed by atoms with E-state index in [-0.39, 0.29) is 4.90 Å². The molecule has 0 bridgehead atoms. The molecule has 0 saturated heterocycles. The predicted molar refractivity (Wildman–Crippen MR) is 105 cm³/mol. The van der Waals surface area contributed by atoms with E-state index < -0.39 is 16.0 Å². The molecule has 0 atom stereocenters. The smallest absolute Gasteiger partial charge is 0.345 e. The average molecular weight is 396 g/mol. The summed E-state index contributed by atoms with van der Waals surface area (Å²) >= 11 is 0. The van der Waals surface area contributed by atoms with Gasteiger partial charge < -0.3 is 4.74 Å². The summed E-state index contributed by atoms with van der Waals surface area (Å²) in [5, 5.41) is 9.12. The number of esters is 1. The molecule has 1 aromatic heterocycles. The van der Waals surface area contributed by atoms with E-state index in [1.165, 1.54) is 18.3 Å². The number of primary sulfonamides is 1. The number of carbonyl (C=O) groups is 1. The molecule has 0 amide bonds. The van der Waals surface area contributed by atoms with Crippen LogP contribution in [0.25, 0.3) is 0 Å². The summed E-state index contributed by atoms with van der Waals surface area (Å²) in [6.07, 6.45) is 4.58. The highest BCUT2D eigenvalue weighted by Crippen LogP contribution is 2.14. The monoisotopic (exact) mass is 396 g/mol. The van der Waals surface area contributed by atoms with E-state index in [1.54, 1.807) is 60.9 Å². The number of sulfonamides is 1. The van der Waals surface area contributed by atoms with Gasteiger partial charge >= 0.3 is 5.97 Å². The molecule has 0 spiro atoms. The van der Waals surface area contributed by atoms with E-state index in [4.69, 9.17) is 9.88 Å². The first kappa shape index (κ1) is 19.2. The third-order valence-corrected chi connectivity index (χ3v) is 4.51. The summed E-state index contributed by atoms with van der Waals surface area (Å²) in [6, 6.07) is 15.9. The van der Waals surface area contributed by atoms with Crippen molar-refractivity contribution in [1.29, 1.82) is 0 Å². The number of ether oxygens (including phenoxy) is 1. The molecule has 3 aromatic rings. The Balaban J connectivity index is 1.57. The Morgan fingerprint density at radius 3 is 2.39 bits per heavy atom. The Bertz CT molecular complexity index is 1080. The summed E-state index contributed by atoms with van der Waals surface area (Å²) in [4.78, 5) is 15.9. The van der Waals surface area contributed by atoms with E-state index in [0.29, 0.717) is 17.0 Å². The second-order valence-electron chi connectivity index (χ2n) is 5.64. The van der Waals surface area contributed by atoms with E-state index in [9.17, 15) is 13.2 Å². The number of rotatable bonds is 6. The molecule has 0 saturated carbocycles. The minimum atomic E-state index is -3.72. The van der Waals surface area contributed by atoms with Crippen molar-refractivity contribution in [3.8, 4) is 5.75 Å². The van der Waals surface area contributed by atoms with Crippen LogP contribution >= 0.6 is 0 Å². The third kappa shape index (κ3) is 5.22. The largest absolute Gasteiger partial charge is 0.423 e. The standard InChI is InChI=1S/C19H16N4O4S/c20-28(25,26)18-9-5-16(6-10-18)23-22-12-14-3-7-17(8-4-14)27-19(24)15-2-1-11-21-13-15/h1-13,23H,(H2,20,25,26)/b22-12-. The van der Waals surface area contributed by atoms with Crippen molar-refractivity contribution < 1.29 is 17.9 Å². The van der Waals surface area contributed by atoms with Crippen molar-refractivity contribution in [3.05, 3.63) is 84.2 Å². The molecular weight excluding hydrogens is 380 g/mol. The number of hydrogen-bond donors (Lipinski definition) is 2. The lowest BCUT2D eigenvalue weighted by atomic mass is 10.2. The zero-order chi connectivity index (χ0) is 20.0. The molecule has 28 heavy (non-hydrogen) atoms. The summed E-state index contributed by atoms with van der Waals surface area (Å²) in [5.74, 6) is -0.0864.